The van der Waals surface area contributed by atoms with Crippen LogP contribution in [0, 0.1) is 17.5 Å². The minimum Gasteiger partial charge on any atom is -0.365 e. The smallest absolute Gasteiger partial charge is 0.254 e. The molecule has 1 aliphatic heterocycles. The van der Waals surface area contributed by atoms with E-state index in [1.54, 1.807) is 7.05 Å². The molecule has 8 heteroatoms. The first-order chi connectivity index (χ1) is 9.90. The number of likely N-dealkylation sites (N-methyl/N-ethyl adjacent to an activating group) is 1. The summed E-state index contributed by atoms with van der Waals surface area (Å²) in [6.45, 7) is 0.199. The van der Waals surface area contributed by atoms with E-state index in [1.165, 1.54) is 4.90 Å². The lowest BCUT2D eigenvalue weighted by Gasteiger charge is -2.29. The fourth-order valence-corrected chi connectivity index (χ4v) is 1.89. The Balaban J connectivity index is 1.96. The Hall–Kier alpha value is -2.09. The third-order valence-corrected chi connectivity index (χ3v) is 3.12. The maximum Gasteiger partial charge on any atom is 0.254 e. The van der Waals surface area contributed by atoms with Gasteiger partial charge in [0.1, 0.15) is 6.61 Å². The van der Waals surface area contributed by atoms with Crippen molar-refractivity contribution in [2.75, 3.05) is 26.7 Å². The Labute approximate surface area is 118 Å². The number of nitrogens with one attached hydrogen (secondary N) is 1. The molecule has 1 aliphatic rings. The summed E-state index contributed by atoms with van der Waals surface area (Å²) < 4.78 is 44.4. The third-order valence-electron chi connectivity index (χ3n) is 3.12. The van der Waals surface area contributed by atoms with Gasteiger partial charge in [-0.2, -0.15) is 0 Å². The predicted octanol–water partition coefficient (Wildman–Crippen LogP) is 0.691. The lowest BCUT2D eigenvalue weighted by molar-refractivity contribution is -0.146. The van der Waals surface area contributed by atoms with Gasteiger partial charge in [0.25, 0.3) is 5.91 Å². The second-order valence-electron chi connectivity index (χ2n) is 4.64. The lowest BCUT2D eigenvalue weighted by atomic mass is 10.1. The number of benzene rings is 1. The van der Waals surface area contributed by atoms with Gasteiger partial charge in [-0.1, -0.05) is 0 Å². The van der Waals surface area contributed by atoms with Crippen molar-refractivity contribution < 1.29 is 27.5 Å². The Kier molecular flexibility index (Phi) is 4.46. The van der Waals surface area contributed by atoms with E-state index in [9.17, 15) is 22.8 Å². The molecule has 21 heavy (non-hydrogen) atoms. The second kappa shape index (κ2) is 6.13. The SMILES string of the molecule is CN1CC(CNC(=O)c2ccc(F)c(F)c2F)OCC1=O. The van der Waals surface area contributed by atoms with Crippen LogP contribution in [0.3, 0.4) is 0 Å². The van der Waals surface area contributed by atoms with Crippen LogP contribution in [0.1, 0.15) is 10.4 Å². The van der Waals surface area contributed by atoms with Gasteiger partial charge in [-0.3, -0.25) is 9.59 Å². The Morgan fingerprint density at radius 1 is 1.38 bits per heavy atom. The molecule has 0 radical (unpaired) electrons. The van der Waals surface area contributed by atoms with Crippen molar-refractivity contribution >= 4 is 11.8 Å². The van der Waals surface area contributed by atoms with E-state index in [-0.39, 0.29) is 25.6 Å². The summed E-state index contributed by atoms with van der Waals surface area (Å²) in [5.74, 6) is -5.65. The average Bonchev–Trinajstić information content (AvgIpc) is 2.46. The zero-order valence-corrected chi connectivity index (χ0v) is 11.2. The summed E-state index contributed by atoms with van der Waals surface area (Å²) >= 11 is 0. The molecule has 1 fully saturated rings. The highest BCUT2D eigenvalue weighted by atomic mass is 19.2. The van der Waals surface area contributed by atoms with Crippen LogP contribution in [0.25, 0.3) is 0 Å². The Bertz CT molecular complexity index is 580. The average molecular weight is 302 g/mol. The quantitative estimate of drug-likeness (QED) is 0.836. The van der Waals surface area contributed by atoms with Crippen molar-refractivity contribution in [1.82, 2.24) is 10.2 Å². The van der Waals surface area contributed by atoms with Crippen molar-refractivity contribution in [3.63, 3.8) is 0 Å². The molecule has 1 N–H and O–H groups in total. The van der Waals surface area contributed by atoms with E-state index >= 15 is 0 Å². The van der Waals surface area contributed by atoms with Gasteiger partial charge in [0.15, 0.2) is 17.5 Å². The van der Waals surface area contributed by atoms with E-state index in [1.807, 2.05) is 0 Å². The normalized spacial score (nSPS) is 18.8. The largest absolute Gasteiger partial charge is 0.365 e. The second-order valence-corrected chi connectivity index (χ2v) is 4.64. The molecule has 0 aromatic heterocycles. The summed E-state index contributed by atoms with van der Waals surface area (Å²) in [6, 6.07) is 1.54. The molecule has 1 heterocycles. The summed E-state index contributed by atoms with van der Waals surface area (Å²) in [5.41, 5.74) is -0.589. The van der Waals surface area contributed by atoms with Gasteiger partial charge >= 0.3 is 0 Å². The molecule has 1 saturated heterocycles. The van der Waals surface area contributed by atoms with E-state index in [2.05, 4.69) is 5.32 Å². The molecule has 114 valence electrons. The first-order valence-electron chi connectivity index (χ1n) is 6.17. The molecule has 0 aliphatic carbocycles. The van der Waals surface area contributed by atoms with Crippen molar-refractivity contribution in [2.24, 2.45) is 0 Å². The fourth-order valence-electron chi connectivity index (χ4n) is 1.89. The van der Waals surface area contributed by atoms with Gasteiger partial charge < -0.3 is 15.0 Å². The Morgan fingerprint density at radius 2 is 2.10 bits per heavy atom. The van der Waals surface area contributed by atoms with Crippen LogP contribution < -0.4 is 5.32 Å². The van der Waals surface area contributed by atoms with Crippen molar-refractivity contribution in [1.29, 1.82) is 0 Å². The minimum atomic E-state index is -1.69. The van der Waals surface area contributed by atoms with Crippen molar-refractivity contribution in [3.05, 3.63) is 35.1 Å². The highest BCUT2D eigenvalue weighted by Crippen LogP contribution is 2.15. The first kappa shape index (κ1) is 15.3. The van der Waals surface area contributed by atoms with Crippen LogP contribution in [-0.2, 0) is 9.53 Å². The van der Waals surface area contributed by atoms with E-state index in [0.29, 0.717) is 6.07 Å². The predicted molar refractivity (Wildman–Crippen MR) is 66.0 cm³/mol. The van der Waals surface area contributed by atoms with E-state index in [4.69, 9.17) is 4.74 Å². The van der Waals surface area contributed by atoms with Crippen molar-refractivity contribution in [2.45, 2.75) is 6.10 Å². The van der Waals surface area contributed by atoms with Gasteiger partial charge in [0.2, 0.25) is 5.91 Å². The summed E-state index contributed by atoms with van der Waals surface area (Å²) in [7, 11) is 1.59. The van der Waals surface area contributed by atoms with Gasteiger partial charge in [-0.25, -0.2) is 13.2 Å². The summed E-state index contributed by atoms with van der Waals surface area (Å²) in [6.07, 6.45) is -0.440. The highest BCUT2D eigenvalue weighted by Gasteiger charge is 2.25. The van der Waals surface area contributed by atoms with Crippen LogP contribution in [-0.4, -0.2) is 49.6 Å². The minimum absolute atomic E-state index is 0.0227. The molecule has 1 aromatic rings. The molecular weight excluding hydrogens is 289 g/mol. The van der Waals surface area contributed by atoms with Crippen LogP contribution >= 0.6 is 0 Å². The zero-order valence-electron chi connectivity index (χ0n) is 11.2. The van der Waals surface area contributed by atoms with Gasteiger partial charge in [-0.05, 0) is 12.1 Å². The zero-order chi connectivity index (χ0) is 15.6. The van der Waals surface area contributed by atoms with Crippen LogP contribution in [0.2, 0.25) is 0 Å². The number of carbonyl (C=O) groups excluding carboxylic acids is 2. The number of ether oxygens (including phenoxy) is 1. The number of morpholine rings is 1. The van der Waals surface area contributed by atoms with Gasteiger partial charge in [0, 0.05) is 20.1 Å². The number of carbonyl (C=O) groups is 2. The molecule has 0 spiro atoms. The third kappa shape index (κ3) is 3.33. The fraction of sp³-hybridized carbons (Fsp3) is 0.385. The van der Waals surface area contributed by atoms with Crippen LogP contribution in [0.5, 0.6) is 0 Å². The van der Waals surface area contributed by atoms with Crippen molar-refractivity contribution in [3.8, 4) is 0 Å². The van der Waals surface area contributed by atoms with Gasteiger partial charge in [0.05, 0.1) is 11.7 Å². The monoisotopic (exact) mass is 302 g/mol. The standard InChI is InChI=1S/C13H13F3N2O3/c1-18-5-7(21-6-10(18)19)4-17-13(20)8-2-3-9(14)12(16)11(8)15/h2-3,7H,4-6H2,1H3,(H,17,20). The molecule has 1 aromatic carbocycles. The highest BCUT2D eigenvalue weighted by molar-refractivity contribution is 5.94. The molecule has 0 bridgehead atoms. The maximum absolute atomic E-state index is 13.4. The summed E-state index contributed by atoms with van der Waals surface area (Å²) in [5, 5.41) is 2.36. The summed E-state index contributed by atoms with van der Waals surface area (Å²) in [4.78, 5) is 24.4. The van der Waals surface area contributed by atoms with E-state index < -0.39 is 35.0 Å². The lowest BCUT2D eigenvalue weighted by Crippen LogP contribution is -2.48. The maximum atomic E-state index is 13.4. The van der Waals surface area contributed by atoms with Gasteiger partial charge in [-0.15, -0.1) is 0 Å². The molecule has 2 amide bonds. The molecule has 1 unspecified atom stereocenters. The molecule has 0 saturated carbocycles. The molecular formula is C13H13F3N2O3. The molecule has 2 rings (SSSR count). The Morgan fingerprint density at radius 3 is 2.76 bits per heavy atom. The van der Waals surface area contributed by atoms with E-state index in [0.717, 1.165) is 6.07 Å². The number of hydrogen-bond donors (Lipinski definition) is 1. The number of rotatable bonds is 3. The first-order valence-corrected chi connectivity index (χ1v) is 6.17. The number of halogens is 3. The number of hydrogen-bond acceptors (Lipinski definition) is 3. The van der Waals surface area contributed by atoms with Crippen LogP contribution in [0.4, 0.5) is 13.2 Å². The molecule has 5 nitrogen and oxygen atoms in total. The van der Waals surface area contributed by atoms with Crippen LogP contribution in [0.15, 0.2) is 12.1 Å². The number of amides is 2. The number of nitrogens with zero attached hydrogens (tertiary/aromatic N) is 1. The topological polar surface area (TPSA) is 58.6 Å². The molecule has 1 atom stereocenters.